The van der Waals surface area contributed by atoms with E-state index in [0.29, 0.717) is 18.0 Å². The van der Waals surface area contributed by atoms with Gasteiger partial charge in [0.25, 0.3) is 0 Å². The minimum Gasteiger partial charge on any atom is -0.487 e. The summed E-state index contributed by atoms with van der Waals surface area (Å²) in [6, 6.07) is 0.757. The van der Waals surface area contributed by atoms with Gasteiger partial charge < -0.3 is 19.1 Å². The Balaban J connectivity index is 1.89. The number of carbonyl (C=O) groups excluding carboxylic acids is 1. The van der Waals surface area contributed by atoms with E-state index in [9.17, 15) is 9.18 Å². The molecule has 1 aromatic heterocycles. The van der Waals surface area contributed by atoms with Crippen molar-refractivity contribution in [3.63, 3.8) is 0 Å². The van der Waals surface area contributed by atoms with Gasteiger partial charge in [0.15, 0.2) is 0 Å². The normalized spacial score (nSPS) is 29.3. The number of fused-ring (bicyclic) bond motifs is 1. The molecule has 1 saturated heterocycles. The topological polar surface area (TPSA) is 64.1 Å². The Bertz CT molecular complexity index is 602. The smallest absolute Gasteiger partial charge is 0.325 e. The van der Waals surface area contributed by atoms with Crippen molar-refractivity contribution in [2.24, 2.45) is 0 Å². The molecule has 0 aromatic carbocycles. The van der Waals surface area contributed by atoms with Gasteiger partial charge in [-0.25, -0.2) is 9.18 Å². The number of amides is 2. The summed E-state index contributed by atoms with van der Waals surface area (Å²) in [4.78, 5) is 20.2. The molecule has 0 bridgehead atoms. The summed E-state index contributed by atoms with van der Waals surface area (Å²) >= 11 is 0. The van der Waals surface area contributed by atoms with Gasteiger partial charge in [0.05, 0.1) is 25.3 Å². The van der Waals surface area contributed by atoms with Crippen molar-refractivity contribution in [1.29, 1.82) is 0 Å². The number of rotatable bonds is 3. The van der Waals surface area contributed by atoms with Crippen LogP contribution in [-0.4, -0.2) is 74.3 Å². The number of likely N-dealkylation sites (tertiary alicyclic amines) is 1. The number of aromatic nitrogens is 1. The molecule has 132 valence electrons. The maximum absolute atomic E-state index is 13.6. The second-order valence-electron chi connectivity index (χ2n) is 6.01. The van der Waals surface area contributed by atoms with Crippen LogP contribution >= 0.6 is 0 Å². The number of ether oxygens (including phenoxy) is 3. The molecule has 0 spiro atoms. The highest BCUT2D eigenvalue weighted by Crippen LogP contribution is 2.34. The van der Waals surface area contributed by atoms with E-state index in [2.05, 4.69) is 4.98 Å². The second kappa shape index (κ2) is 6.90. The Labute approximate surface area is 140 Å². The van der Waals surface area contributed by atoms with Gasteiger partial charge in [-0.2, -0.15) is 0 Å². The minimum atomic E-state index is -0.691. The SMILES string of the molecule is CO[C@@H]1[C@H](OC)CN(C(=O)N2CC(C)Oc3ccncc32)[C@H]1CF. The average molecular weight is 339 g/mol. The fourth-order valence-corrected chi connectivity index (χ4v) is 3.39. The lowest BCUT2D eigenvalue weighted by molar-refractivity contribution is -0.0218. The Kier molecular flexibility index (Phi) is 4.86. The Morgan fingerprint density at radius 2 is 2.21 bits per heavy atom. The molecular weight excluding hydrogens is 317 g/mol. The van der Waals surface area contributed by atoms with Crippen LogP contribution in [0.2, 0.25) is 0 Å². The van der Waals surface area contributed by atoms with Gasteiger partial charge in [-0.15, -0.1) is 0 Å². The van der Waals surface area contributed by atoms with E-state index < -0.39 is 18.8 Å². The molecule has 0 saturated carbocycles. The first-order chi connectivity index (χ1) is 11.6. The van der Waals surface area contributed by atoms with E-state index in [1.807, 2.05) is 6.92 Å². The number of alkyl halides is 1. The van der Waals surface area contributed by atoms with Crippen LogP contribution < -0.4 is 9.64 Å². The number of nitrogens with zero attached hydrogens (tertiary/aromatic N) is 3. The van der Waals surface area contributed by atoms with Crippen molar-refractivity contribution in [2.75, 3.05) is 38.9 Å². The number of urea groups is 1. The molecule has 4 atom stereocenters. The standard InChI is InChI=1S/C16H22FN3O4/c1-10-8-19(12-7-18-5-4-13(12)24-10)16(21)20-9-14(22-2)15(23-3)11(20)6-17/h4-5,7,10-11,14-15H,6,8-9H2,1-3H3/t10?,11-,14+,15-/m0/s1. The summed E-state index contributed by atoms with van der Waals surface area (Å²) in [6.45, 7) is 1.85. The van der Waals surface area contributed by atoms with Crippen LogP contribution in [0.1, 0.15) is 6.92 Å². The van der Waals surface area contributed by atoms with Crippen molar-refractivity contribution >= 4 is 11.7 Å². The fourth-order valence-electron chi connectivity index (χ4n) is 3.39. The summed E-state index contributed by atoms with van der Waals surface area (Å²) in [5.74, 6) is 0.597. The quantitative estimate of drug-likeness (QED) is 0.834. The van der Waals surface area contributed by atoms with Gasteiger partial charge in [0.2, 0.25) is 0 Å². The van der Waals surface area contributed by atoms with Gasteiger partial charge >= 0.3 is 6.03 Å². The van der Waals surface area contributed by atoms with Gasteiger partial charge in [0, 0.05) is 26.5 Å². The highest BCUT2D eigenvalue weighted by Gasteiger charge is 2.46. The predicted octanol–water partition coefficient (Wildman–Crippen LogP) is 1.47. The Morgan fingerprint density at radius 1 is 1.42 bits per heavy atom. The van der Waals surface area contributed by atoms with Crippen LogP contribution in [0.15, 0.2) is 18.5 Å². The van der Waals surface area contributed by atoms with E-state index in [1.54, 1.807) is 23.4 Å². The van der Waals surface area contributed by atoms with Crippen LogP contribution in [0.25, 0.3) is 0 Å². The highest BCUT2D eigenvalue weighted by atomic mass is 19.1. The largest absolute Gasteiger partial charge is 0.487 e. The lowest BCUT2D eigenvalue weighted by Crippen LogP contribution is -2.52. The van der Waals surface area contributed by atoms with Crippen LogP contribution in [0, 0.1) is 0 Å². The first kappa shape index (κ1) is 16.9. The first-order valence-electron chi connectivity index (χ1n) is 7.91. The third kappa shape index (κ3) is 2.80. The maximum Gasteiger partial charge on any atom is 0.325 e. The van der Waals surface area contributed by atoms with E-state index >= 15 is 0 Å². The average Bonchev–Trinajstić information content (AvgIpc) is 2.97. The summed E-state index contributed by atoms with van der Waals surface area (Å²) in [5, 5.41) is 0. The third-order valence-electron chi connectivity index (χ3n) is 4.55. The molecule has 3 heterocycles. The lowest BCUT2D eigenvalue weighted by atomic mass is 10.1. The molecule has 1 aromatic rings. The molecule has 2 amide bonds. The molecule has 2 aliphatic heterocycles. The van der Waals surface area contributed by atoms with E-state index in [-0.39, 0.29) is 24.8 Å². The molecule has 0 aliphatic carbocycles. The maximum atomic E-state index is 13.6. The molecule has 0 N–H and O–H groups in total. The molecule has 7 nitrogen and oxygen atoms in total. The highest BCUT2D eigenvalue weighted by molar-refractivity contribution is 5.94. The molecule has 3 rings (SSSR count). The number of anilines is 1. The molecule has 0 radical (unpaired) electrons. The summed E-state index contributed by atoms with van der Waals surface area (Å²) in [7, 11) is 3.04. The van der Waals surface area contributed by atoms with Gasteiger partial charge in [-0.3, -0.25) is 9.88 Å². The third-order valence-corrected chi connectivity index (χ3v) is 4.55. The fraction of sp³-hybridized carbons (Fsp3) is 0.625. The monoisotopic (exact) mass is 339 g/mol. The summed E-state index contributed by atoms with van der Waals surface area (Å²) < 4.78 is 30.1. The number of hydrogen-bond acceptors (Lipinski definition) is 5. The number of methoxy groups -OCH3 is 2. The van der Waals surface area contributed by atoms with Crippen molar-refractivity contribution in [3.05, 3.63) is 18.5 Å². The zero-order valence-corrected chi connectivity index (χ0v) is 14.0. The number of hydrogen-bond donors (Lipinski definition) is 0. The lowest BCUT2D eigenvalue weighted by Gasteiger charge is -2.36. The molecule has 8 heteroatoms. The predicted molar refractivity (Wildman–Crippen MR) is 85.1 cm³/mol. The van der Waals surface area contributed by atoms with Crippen LogP contribution in [0.4, 0.5) is 14.9 Å². The molecular formula is C16H22FN3O4. The van der Waals surface area contributed by atoms with Crippen LogP contribution in [-0.2, 0) is 9.47 Å². The van der Waals surface area contributed by atoms with Crippen LogP contribution in [0.3, 0.4) is 0 Å². The minimum absolute atomic E-state index is 0.160. The van der Waals surface area contributed by atoms with Crippen molar-refractivity contribution < 1.29 is 23.4 Å². The van der Waals surface area contributed by atoms with Gasteiger partial charge in [0.1, 0.15) is 36.4 Å². The number of halogens is 1. The summed E-state index contributed by atoms with van der Waals surface area (Å²) in [6.07, 6.45) is 2.19. The molecule has 1 fully saturated rings. The van der Waals surface area contributed by atoms with Gasteiger partial charge in [-0.1, -0.05) is 0 Å². The zero-order valence-electron chi connectivity index (χ0n) is 14.0. The zero-order chi connectivity index (χ0) is 17.3. The van der Waals surface area contributed by atoms with E-state index in [0.717, 1.165) is 0 Å². The molecule has 2 aliphatic rings. The molecule has 24 heavy (non-hydrogen) atoms. The summed E-state index contributed by atoms with van der Waals surface area (Å²) in [5.41, 5.74) is 0.591. The van der Waals surface area contributed by atoms with Crippen molar-refractivity contribution in [1.82, 2.24) is 9.88 Å². The Hall–Kier alpha value is -1.93. The van der Waals surface area contributed by atoms with Gasteiger partial charge in [-0.05, 0) is 6.92 Å². The van der Waals surface area contributed by atoms with Crippen LogP contribution in [0.5, 0.6) is 5.75 Å². The van der Waals surface area contributed by atoms with Crippen molar-refractivity contribution in [3.8, 4) is 5.75 Å². The second-order valence-corrected chi connectivity index (χ2v) is 6.01. The molecule has 1 unspecified atom stereocenters. The Morgan fingerprint density at radius 3 is 2.88 bits per heavy atom. The van der Waals surface area contributed by atoms with E-state index in [4.69, 9.17) is 14.2 Å². The first-order valence-corrected chi connectivity index (χ1v) is 7.91. The van der Waals surface area contributed by atoms with Crippen molar-refractivity contribution in [2.45, 2.75) is 31.3 Å². The number of carbonyl (C=O) groups is 1. The van der Waals surface area contributed by atoms with E-state index in [1.165, 1.54) is 19.1 Å². The number of pyridine rings is 1.